The quantitative estimate of drug-likeness (QED) is 0.468. The number of aromatic carboxylic acids is 1. The maximum Gasteiger partial charge on any atom is 0.371 e. The summed E-state index contributed by atoms with van der Waals surface area (Å²) in [6, 6.07) is 15.5. The second-order valence-corrected chi connectivity index (χ2v) is 6.02. The van der Waals surface area contributed by atoms with E-state index < -0.39 is 17.7 Å². The molecule has 0 atom stereocenters. The molecule has 0 bridgehead atoms. The highest BCUT2D eigenvalue weighted by atomic mass is 19.1. The van der Waals surface area contributed by atoms with Gasteiger partial charge >= 0.3 is 5.97 Å². The Kier molecular flexibility index (Phi) is 6.03. The van der Waals surface area contributed by atoms with Gasteiger partial charge < -0.3 is 14.3 Å². The molecule has 7 nitrogen and oxygen atoms in total. The Morgan fingerprint density at radius 1 is 1.14 bits per heavy atom. The monoisotopic (exact) mass is 396 g/mol. The molecule has 0 radical (unpaired) electrons. The Labute approximate surface area is 165 Å². The van der Waals surface area contributed by atoms with Crippen molar-refractivity contribution in [2.45, 2.75) is 6.92 Å². The maximum atomic E-state index is 13.1. The molecule has 2 aromatic carbocycles. The molecule has 148 valence electrons. The van der Waals surface area contributed by atoms with Crippen LogP contribution in [0.25, 0.3) is 11.3 Å². The smallest absolute Gasteiger partial charge is 0.371 e. The topological polar surface area (TPSA) is 101 Å². The zero-order chi connectivity index (χ0) is 20.8. The number of ether oxygens (including phenoxy) is 1. The first kappa shape index (κ1) is 19.8. The highest BCUT2D eigenvalue weighted by Gasteiger charge is 2.10. The van der Waals surface area contributed by atoms with E-state index in [1.54, 1.807) is 43.3 Å². The lowest BCUT2D eigenvalue weighted by Gasteiger charge is -2.06. The number of hydrogen-bond donors (Lipinski definition) is 2. The largest absolute Gasteiger partial charge is 0.484 e. The van der Waals surface area contributed by atoms with Gasteiger partial charge in [0.25, 0.3) is 5.91 Å². The first-order valence-corrected chi connectivity index (χ1v) is 8.58. The minimum atomic E-state index is -1.13. The van der Waals surface area contributed by atoms with Crippen molar-refractivity contribution >= 4 is 17.6 Å². The molecule has 3 rings (SSSR count). The zero-order valence-electron chi connectivity index (χ0n) is 15.4. The number of hydrogen-bond acceptors (Lipinski definition) is 5. The average Bonchev–Trinajstić information content (AvgIpc) is 3.21. The number of hydrazone groups is 1. The van der Waals surface area contributed by atoms with Gasteiger partial charge in [0, 0.05) is 11.6 Å². The number of rotatable bonds is 7. The van der Waals surface area contributed by atoms with Gasteiger partial charge in [0.05, 0.1) is 5.71 Å². The normalized spacial score (nSPS) is 11.2. The van der Waals surface area contributed by atoms with Crippen molar-refractivity contribution in [1.29, 1.82) is 0 Å². The number of carbonyl (C=O) groups excluding carboxylic acids is 1. The average molecular weight is 396 g/mol. The molecule has 0 aliphatic carbocycles. The van der Waals surface area contributed by atoms with Crippen molar-refractivity contribution in [1.82, 2.24) is 5.43 Å². The molecule has 0 aliphatic heterocycles. The fourth-order valence-electron chi connectivity index (χ4n) is 2.43. The van der Waals surface area contributed by atoms with E-state index in [1.807, 2.05) is 0 Å². The second-order valence-electron chi connectivity index (χ2n) is 6.02. The van der Waals surface area contributed by atoms with Gasteiger partial charge in [0.1, 0.15) is 17.3 Å². The fraction of sp³-hybridized carbons (Fsp3) is 0.0952. The predicted octanol–water partition coefficient (Wildman–Crippen LogP) is 3.70. The zero-order valence-corrected chi connectivity index (χ0v) is 15.4. The number of amides is 1. The van der Waals surface area contributed by atoms with Gasteiger partial charge in [-0.3, -0.25) is 4.79 Å². The molecule has 0 saturated heterocycles. The van der Waals surface area contributed by atoms with Crippen LogP contribution in [0.1, 0.15) is 23.0 Å². The van der Waals surface area contributed by atoms with Crippen LogP contribution in [0.15, 0.2) is 70.2 Å². The van der Waals surface area contributed by atoms with E-state index in [0.717, 1.165) is 5.56 Å². The van der Waals surface area contributed by atoms with Gasteiger partial charge in [0.15, 0.2) is 6.61 Å². The lowest BCUT2D eigenvalue weighted by molar-refractivity contribution is -0.123. The number of nitrogens with zero attached hydrogens (tertiary/aromatic N) is 1. The summed E-state index contributed by atoms with van der Waals surface area (Å²) in [5, 5.41) is 12.9. The van der Waals surface area contributed by atoms with Crippen molar-refractivity contribution in [2.24, 2.45) is 5.10 Å². The van der Waals surface area contributed by atoms with Crippen molar-refractivity contribution in [3.05, 3.63) is 77.8 Å². The highest BCUT2D eigenvalue weighted by Crippen LogP contribution is 2.22. The fourth-order valence-corrected chi connectivity index (χ4v) is 2.43. The lowest BCUT2D eigenvalue weighted by atomic mass is 10.1. The highest BCUT2D eigenvalue weighted by molar-refractivity contribution is 5.99. The number of carboxylic acid groups (broad SMARTS) is 1. The van der Waals surface area contributed by atoms with Gasteiger partial charge in [0.2, 0.25) is 5.76 Å². The molecule has 1 aromatic heterocycles. The third-order valence-corrected chi connectivity index (χ3v) is 3.92. The van der Waals surface area contributed by atoms with Crippen LogP contribution in [-0.2, 0) is 4.79 Å². The van der Waals surface area contributed by atoms with E-state index in [1.165, 1.54) is 24.3 Å². The van der Waals surface area contributed by atoms with E-state index >= 15 is 0 Å². The van der Waals surface area contributed by atoms with Gasteiger partial charge in [-0.25, -0.2) is 14.6 Å². The number of benzene rings is 2. The van der Waals surface area contributed by atoms with Crippen LogP contribution >= 0.6 is 0 Å². The number of furan rings is 1. The number of nitrogens with one attached hydrogen (secondary N) is 1. The van der Waals surface area contributed by atoms with Gasteiger partial charge in [-0.1, -0.05) is 30.3 Å². The molecule has 0 fully saturated rings. The number of carbonyl (C=O) groups is 2. The maximum absolute atomic E-state index is 13.1. The number of carboxylic acids is 1. The van der Waals surface area contributed by atoms with Crippen LogP contribution in [0, 0.1) is 5.82 Å². The van der Waals surface area contributed by atoms with E-state index in [0.29, 0.717) is 17.0 Å². The molecule has 29 heavy (non-hydrogen) atoms. The van der Waals surface area contributed by atoms with E-state index in [-0.39, 0.29) is 18.1 Å². The van der Waals surface area contributed by atoms with Crippen LogP contribution in [0.4, 0.5) is 4.39 Å². The summed E-state index contributed by atoms with van der Waals surface area (Å²) in [7, 11) is 0. The Bertz CT molecular complexity index is 1060. The summed E-state index contributed by atoms with van der Waals surface area (Å²) < 4.78 is 23.5. The van der Waals surface area contributed by atoms with Crippen molar-refractivity contribution < 1.29 is 28.2 Å². The summed E-state index contributed by atoms with van der Waals surface area (Å²) in [6.45, 7) is 1.42. The Morgan fingerprint density at radius 3 is 2.55 bits per heavy atom. The van der Waals surface area contributed by atoms with Gasteiger partial charge in [-0.2, -0.15) is 5.10 Å². The summed E-state index contributed by atoms with van der Waals surface area (Å²) in [5.41, 5.74) is 4.40. The minimum absolute atomic E-state index is 0.134. The van der Waals surface area contributed by atoms with Crippen molar-refractivity contribution in [3.8, 4) is 17.1 Å². The molecule has 0 spiro atoms. The summed E-state index contributed by atoms with van der Waals surface area (Å²) >= 11 is 0. The third kappa shape index (κ3) is 5.29. The molecule has 2 N–H and O–H groups in total. The first-order chi connectivity index (χ1) is 13.9. The molecule has 1 amide bonds. The SMILES string of the molecule is C/C(=N/NC(=O)COc1cccc(F)c1)c1ccc(-c2ccc(C(=O)O)o2)cc1. The summed E-state index contributed by atoms with van der Waals surface area (Å²) in [4.78, 5) is 22.7. The Balaban J connectivity index is 1.57. The van der Waals surface area contributed by atoms with E-state index in [2.05, 4.69) is 10.5 Å². The predicted molar refractivity (Wildman–Crippen MR) is 103 cm³/mol. The lowest BCUT2D eigenvalue weighted by Crippen LogP contribution is -2.25. The molecule has 0 saturated carbocycles. The molecule has 1 heterocycles. The standard InChI is InChI=1S/C21H17FN2O5/c1-13(23-24-20(25)12-28-17-4-2-3-16(22)11-17)14-5-7-15(8-6-14)18-9-10-19(29-18)21(26)27/h2-11H,12H2,1H3,(H,24,25)(H,26,27)/b23-13-. The summed E-state index contributed by atoms with van der Waals surface area (Å²) in [5.74, 6) is -1.51. The van der Waals surface area contributed by atoms with Crippen molar-refractivity contribution in [3.63, 3.8) is 0 Å². The van der Waals surface area contributed by atoms with Crippen LogP contribution < -0.4 is 10.2 Å². The molecule has 0 aliphatic rings. The molecule has 0 unspecified atom stereocenters. The minimum Gasteiger partial charge on any atom is -0.484 e. The number of halogens is 1. The molecular weight excluding hydrogens is 379 g/mol. The van der Waals surface area contributed by atoms with Crippen LogP contribution in [-0.4, -0.2) is 29.3 Å². The molecule has 3 aromatic rings. The van der Waals surface area contributed by atoms with E-state index in [9.17, 15) is 14.0 Å². The summed E-state index contributed by atoms with van der Waals surface area (Å²) in [6.07, 6.45) is 0. The first-order valence-electron chi connectivity index (χ1n) is 8.58. The van der Waals surface area contributed by atoms with Crippen LogP contribution in [0.2, 0.25) is 0 Å². The second kappa shape index (κ2) is 8.83. The Morgan fingerprint density at radius 2 is 1.90 bits per heavy atom. The van der Waals surface area contributed by atoms with Crippen LogP contribution in [0.3, 0.4) is 0 Å². The van der Waals surface area contributed by atoms with Gasteiger partial charge in [-0.15, -0.1) is 0 Å². The third-order valence-electron chi connectivity index (χ3n) is 3.92. The van der Waals surface area contributed by atoms with Gasteiger partial charge in [-0.05, 0) is 36.8 Å². The van der Waals surface area contributed by atoms with Crippen LogP contribution in [0.5, 0.6) is 5.75 Å². The molecular formula is C21H17FN2O5. The Hall–Kier alpha value is -3.94. The van der Waals surface area contributed by atoms with E-state index in [4.69, 9.17) is 14.3 Å². The molecule has 8 heteroatoms. The van der Waals surface area contributed by atoms with Crippen molar-refractivity contribution in [2.75, 3.05) is 6.61 Å².